The first kappa shape index (κ1) is 42.6. The highest BCUT2D eigenvalue weighted by Crippen LogP contribution is 2.41. The van der Waals surface area contributed by atoms with E-state index in [1.165, 1.54) is 23.7 Å². The van der Waals surface area contributed by atoms with Crippen molar-refractivity contribution in [3.05, 3.63) is 88.8 Å². The third-order valence-electron chi connectivity index (χ3n) is 8.94. The topological polar surface area (TPSA) is 147 Å². The number of aryl methyl sites for hydroxylation is 1. The number of halogens is 4. The fourth-order valence-electron chi connectivity index (χ4n) is 6.11. The molecule has 0 spiro atoms. The van der Waals surface area contributed by atoms with Gasteiger partial charge in [0, 0.05) is 74.1 Å². The van der Waals surface area contributed by atoms with Crippen molar-refractivity contribution in [3.8, 4) is 27.6 Å². The number of hydrogen-bond acceptors (Lipinski definition) is 12. The number of sulfonamides is 1. The minimum absolute atomic E-state index is 0. The lowest BCUT2D eigenvalue weighted by molar-refractivity contribution is 0.272. The summed E-state index contributed by atoms with van der Waals surface area (Å²) >= 11 is 1.29. The van der Waals surface area contributed by atoms with Crippen molar-refractivity contribution in [2.75, 3.05) is 66.8 Å². The molecule has 0 aliphatic carbocycles. The van der Waals surface area contributed by atoms with Crippen LogP contribution in [0.1, 0.15) is 30.3 Å². The average Bonchev–Trinajstić information content (AvgIpc) is 3.58. The number of ether oxygens (including phenoxy) is 1. The summed E-state index contributed by atoms with van der Waals surface area (Å²) in [6.45, 7) is 9.25. The highest BCUT2D eigenvalue weighted by molar-refractivity contribution is 7.92. The van der Waals surface area contributed by atoms with Gasteiger partial charge in [-0.25, -0.2) is 45.0 Å². The van der Waals surface area contributed by atoms with Crippen molar-refractivity contribution < 1.29 is 34.7 Å². The smallest absolute Gasteiger partial charge is 0.267 e. The normalized spacial score (nSPS) is 13.8. The van der Waals surface area contributed by atoms with Gasteiger partial charge in [-0.2, -0.15) is 0 Å². The first-order valence-electron chi connectivity index (χ1n) is 17.2. The largest absolute Gasteiger partial charge is 0.494 e. The average molecular weight is 852 g/mol. The van der Waals surface area contributed by atoms with E-state index in [0.717, 1.165) is 67.8 Å². The quantitative estimate of drug-likeness (QED) is 0.123. The summed E-state index contributed by atoms with van der Waals surface area (Å²) in [4.78, 5) is 17.6. The van der Waals surface area contributed by atoms with Gasteiger partial charge in [-0.3, -0.25) is 9.62 Å². The number of anilines is 4. The predicted octanol–water partition coefficient (Wildman–Crippen LogP) is 7.26. The number of sulfone groups is 1. The van der Waals surface area contributed by atoms with Gasteiger partial charge in [-0.1, -0.05) is 19.9 Å². The monoisotopic (exact) mass is 851 g/mol. The molecule has 2 aromatic heterocycles. The molecule has 5 aromatic rings. The van der Waals surface area contributed by atoms with Crippen LogP contribution in [0.2, 0.25) is 0 Å². The highest BCUT2D eigenvalue weighted by atomic mass is 35.5. The molecule has 0 unspecified atom stereocenters. The summed E-state index contributed by atoms with van der Waals surface area (Å²) in [6, 6.07) is 11.7. The molecule has 1 fully saturated rings. The van der Waals surface area contributed by atoms with Gasteiger partial charge in [0.2, 0.25) is 5.95 Å². The van der Waals surface area contributed by atoms with E-state index in [4.69, 9.17) is 14.7 Å². The molecule has 0 saturated carbocycles. The Morgan fingerprint density at radius 1 is 0.929 bits per heavy atom. The Hall–Kier alpha value is -4.49. The number of piperazine rings is 1. The Kier molecular flexibility index (Phi) is 13.2. The summed E-state index contributed by atoms with van der Waals surface area (Å²) in [5, 5.41) is 3.91. The van der Waals surface area contributed by atoms with E-state index in [1.807, 2.05) is 32.9 Å². The van der Waals surface area contributed by atoms with Crippen LogP contribution in [-0.4, -0.2) is 88.5 Å². The minimum Gasteiger partial charge on any atom is -0.494 e. The third-order valence-corrected chi connectivity index (χ3v) is 12.7. The number of rotatable bonds is 13. The highest BCUT2D eigenvalue weighted by Gasteiger charge is 2.26. The van der Waals surface area contributed by atoms with Crippen LogP contribution in [0.3, 0.4) is 0 Å². The fraction of sp³-hybridized carbons (Fsp3) is 0.324. The molecule has 0 amide bonds. The van der Waals surface area contributed by atoms with Gasteiger partial charge in [0.05, 0.1) is 39.8 Å². The molecule has 0 bridgehead atoms. The third kappa shape index (κ3) is 9.72. The lowest BCUT2D eigenvalue weighted by Gasteiger charge is -2.37. The number of thiazole rings is 1. The number of nitrogens with one attached hydrogen (secondary N) is 2. The zero-order valence-electron chi connectivity index (χ0n) is 31.1. The van der Waals surface area contributed by atoms with Gasteiger partial charge in [-0.05, 0) is 55.0 Å². The summed E-state index contributed by atoms with van der Waals surface area (Å²) in [5.74, 6) is -2.39. The van der Waals surface area contributed by atoms with Gasteiger partial charge in [-0.15, -0.1) is 23.7 Å². The molecule has 0 atom stereocenters. The lowest BCUT2D eigenvalue weighted by Crippen LogP contribution is -2.47. The summed E-state index contributed by atoms with van der Waals surface area (Å²) in [7, 11) is -6.20. The van der Waals surface area contributed by atoms with Gasteiger partial charge < -0.3 is 15.0 Å². The second kappa shape index (κ2) is 17.3. The first-order valence-corrected chi connectivity index (χ1v) is 21.6. The Morgan fingerprint density at radius 3 is 2.27 bits per heavy atom. The molecular formula is C37H41ClF3N7O5S3. The summed E-state index contributed by atoms with van der Waals surface area (Å²) in [5.41, 5.74) is 3.00. The molecule has 3 heterocycles. The molecule has 6 rings (SSSR count). The van der Waals surface area contributed by atoms with Crippen molar-refractivity contribution in [2.45, 2.75) is 31.6 Å². The maximum absolute atomic E-state index is 15.6. The molecule has 3 aromatic carbocycles. The molecule has 300 valence electrons. The second-order valence-electron chi connectivity index (χ2n) is 13.4. The summed E-state index contributed by atoms with van der Waals surface area (Å²) in [6.07, 6.45) is 2.79. The first-order chi connectivity index (χ1) is 26.0. The van der Waals surface area contributed by atoms with Crippen LogP contribution in [0.4, 0.5) is 36.2 Å². The van der Waals surface area contributed by atoms with E-state index in [-0.39, 0.29) is 47.0 Å². The van der Waals surface area contributed by atoms with Crippen molar-refractivity contribution in [1.82, 2.24) is 19.9 Å². The number of aromatic nitrogens is 3. The maximum atomic E-state index is 15.6. The molecule has 12 nitrogen and oxygen atoms in total. The van der Waals surface area contributed by atoms with Crippen LogP contribution in [0.15, 0.2) is 65.7 Å². The molecule has 1 aliphatic heterocycles. The standard InChI is InChI=1S/C37H40F3N7O5S3.ClH/c1-22(2)36-44-33(25-20-24(9-10-26(25)38)45-55(50,51)35-27(39)7-6-8-28(35)40)34(53-36)29-11-12-41-37(42-29)43-30-19-23(3)31(21-32(30)52-4)47-15-13-46(14-16-47)17-18-54(5,48)49;/h6-12,19-22,45H,13-18H2,1-5H3,(H,41,42,43);1H. The molecule has 2 N–H and O–H groups in total. The maximum Gasteiger partial charge on any atom is 0.267 e. The van der Waals surface area contributed by atoms with Crippen LogP contribution in [0.25, 0.3) is 21.8 Å². The van der Waals surface area contributed by atoms with E-state index < -0.39 is 42.2 Å². The van der Waals surface area contributed by atoms with E-state index in [1.54, 1.807) is 19.4 Å². The Bertz CT molecular complexity index is 2430. The van der Waals surface area contributed by atoms with Crippen LogP contribution < -0.4 is 19.7 Å². The van der Waals surface area contributed by atoms with Crippen LogP contribution >= 0.6 is 23.7 Å². The Morgan fingerprint density at radius 2 is 1.62 bits per heavy atom. The Balaban J connectivity index is 0.00000600. The van der Waals surface area contributed by atoms with Crippen molar-refractivity contribution in [2.24, 2.45) is 0 Å². The van der Waals surface area contributed by atoms with Crippen molar-refractivity contribution in [1.29, 1.82) is 0 Å². The molecule has 0 radical (unpaired) electrons. The Labute approximate surface area is 334 Å². The number of nitrogens with zero attached hydrogens (tertiary/aromatic N) is 5. The minimum atomic E-state index is -4.72. The zero-order chi connectivity index (χ0) is 39.7. The number of benzene rings is 3. The van der Waals surface area contributed by atoms with Crippen molar-refractivity contribution >= 4 is 66.6 Å². The van der Waals surface area contributed by atoms with Gasteiger partial charge in [0.15, 0.2) is 4.90 Å². The molecular weight excluding hydrogens is 811 g/mol. The molecule has 1 saturated heterocycles. The lowest BCUT2D eigenvalue weighted by atomic mass is 10.1. The van der Waals surface area contributed by atoms with E-state index in [9.17, 15) is 25.6 Å². The molecule has 56 heavy (non-hydrogen) atoms. The summed E-state index contributed by atoms with van der Waals surface area (Å²) < 4.78 is 102. The second-order valence-corrected chi connectivity index (χ2v) is 18.3. The van der Waals surface area contributed by atoms with E-state index in [2.05, 4.69) is 24.8 Å². The van der Waals surface area contributed by atoms with Gasteiger partial charge >= 0.3 is 0 Å². The van der Waals surface area contributed by atoms with Gasteiger partial charge in [0.25, 0.3) is 10.0 Å². The fourth-order valence-corrected chi connectivity index (χ4v) is 8.94. The molecule has 19 heteroatoms. The van der Waals surface area contributed by atoms with Gasteiger partial charge in [0.1, 0.15) is 33.0 Å². The van der Waals surface area contributed by atoms with E-state index in [0.29, 0.717) is 33.6 Å². The predicted molar refractivity (Wildman–Crippen MR) is 216 cm³/mol. The van der Waals surface area contributed by atoms with Crippen LogP contribution in [0.5, 0.6) is 5.75 Å². The van der Waals surface area contributed by atoms with Crippen LogP contribution in [0, 0.1) is 24.4 Å². The van der Waals surface area contributed by atoms with Crippen molar-refractivity contribution in [3.63, 3.8) is 0 Å². The SMILES string of the molecule is COc1cc(N2CCN(CCS(C)(=O)=O)CC2)c(C)cc1Nc1nccc(-c2sc(C(C)C)nc2-c2cc(NS(=O)(=O)c3c(F)cccc3F)ccc2F)n1.Cl. The number of hydrogen-bond donors (Lipinski definition) is 2. The zero-order valence-corrected chi connectivity index (χ0v) is 34.4. The van der Waals surface area contributed by atoms with E-state index >= 15 is 4.39 Å². The molecule has 1 aliphatic rings. The van der Waals surface area contributed by atoms with Crippen LogP contribution in [-0.2, 0) is 19.9 Å². The number of methoxy groups -OCH3 is 1.